The van der Waals surface area contributed by atoms with Gasteiger partial charge in [0, 0.05) is 33.4 Å². The molecule has 128 valence electrons. The number of hydrogen-bond donors (Lipinski definition) is 3. The number of benzene rings is 1. The second kappa shape index (κ2) is 10.2. The van der Waals surface area contributed by atoms with E-state index in [1.807, 2.05) is 6.07 Å². The first-order valence-electron chi connectivity index (χ1n) is 7.42. The molecule has 0 amide bonds. The summed E-state index contributed by atoms with van der Waals surface area (Å²) in [6.07, 6.45) is 1.94. The standard InChI is InChI=1S/C15H23N3O4S/c1-22-10-3-2-8-18-23(20,21)15-6-5-13(12-16)11-14(15)17-7-4-9-19/h5-6,11,17-19H,2-4,7-10H2,1H3. The van der Waals surface area contributed by atoms with Crippen LogP contribution in [-0.2, 0) is 14.8 Å². The number of hydrogen-bond acceptors (Lipinski definition) is 6. The Balaban J connectivity index is 2.84. The zero-order valence-corrected chi connectivity index (χ0v) is 14.0. The maximum Gasteiger partial charge on any atom is 0.242 e. The minimum atomic E-state index is -3.67. The van der Waals surface area contributed by atoms with Crippen molar-refractivity contribution in [1.29, 1.82) is 5.26 Å². The Hall–Kier alpha value is -1.66. The molecular formula is C15H23N3O4S. The zero-order chi connectivity index (χ0) is 17.1. The van der Waals surface area contributed by atoms with E-state index in [0.29, 0.717) is 43.8 Å². The van der Waals surface area contributed by atoms with E-state index < -0.39 is 10.0 Å². The average molecular weight is 341 g/mol. The first-order valence-corrected chi connectivity index (χ1v) is 8.91. The fourth-order valence-corrected chi connectivity index (χ4v) is 3.17. The van der Waals surface area contributed by atoms with E-state index in [9.17, 15) is 8.42 Å². The number of nitriles is 1. The molecule has 0 saturated carbocycles. The minimum Gasteiger partial charge on any atom is -0.396 e. The van der Waals surface area contributed by atoms with Gasteiger partial charge < -0.3 is 15.2 Å². The summed E-state index contributed by atoms with van der Waals surface area (Å²) in [6, 6.07) is 6.36. The predicted molar refractivity (Wildman–Crippen MR) is 87.6 cm³/mol. The molecule has 1 rings (SSSR count). The number of methoxy groups -OCH3 is 1. The smallest absolute Gasteiger partial charge is 0.242 e. The lowest BCUT2D eigenvalue weighted by Gasteiger charge is -2.13. The molecule has 0 radical (unpaired) electrons. The highest BCUT2D eigenvalue weighted by atomic mass is 32.2. The fourth-order valence-electron chi connectivity index (χ4n) is 1.93. The van der Waals surface area contributed by atoms with E-state index in [1.165, 1.54) is 18.2 Å². The third-order valence-corrected chi connectivity index (χ3v) is 4.64. The molecule has 0 saturated heterocycles. The second-order valence-electron chi connectivity index (χ2n) is 4.92. The monoisotopic (exact) mass is 341 g/mol. The molecule has 23 heavy (non-hydrogen) atoms. The molecule has 7 nitrogen and oxygen atoms in total. The zero-order valence-electron chi connectivity index (χ0n) is 13.2. The second-order valence-corrected chi connectivity index (χ2v) is 6.66. The van der Waals surface area contributed by atoms with Gasteiger partial charge in [-0.15, -0.1) is 0 Å². The van der Waals surface area contributed by atoms with Gasteiger partial charge in [0.1, 0.15) is 4.90 Å². The van der Waals surface area contributed by atoms with Gasteiger partial charge >= 0.3 is 0 Å². The number of anilines is 1. The van der Waals surface area contributed by atoms with E-state index in [2.05, 4.69) is 10.0 Å². The van der Waals surface area contributed by atoms with Crippen LogP contribution in [-0.4, -0.2) is 46.9 Å². The summed E-state index contributed by atoms with van der Waals surface area (Å²) < 4.78 is 32.3. The summed E-state index contributed by atoms with van der Waals surface area (Å²) in [7, 11) is -2.06. The lowest BCUT2D eigenvalue weighted by molar-refractivity contribution is 0.193. The van der Waals surface area contributed by atoms with Crippen LogP contribution >= 0.6 is 0 Å². The summed E-state index contributed by atoms with van der Waals surface area (Å²) in [6.45, 7) is 1.33. The van der Waals surface area contributed by atoms with Crippen molar-refractivity contribution in [3.05, 3.63) is 23.8 Å². The molecular weight excluding hydrogens is 318 g/mol. The van der Waals surface area contributed by atoms with Crippen molar-refractivity contribution in [1.82, 2.24) is 4.72 Å². The highest BCUT2D eigenvalue weighted by Gasteiger charge is 2.18. The summed E-state index contributed by atoms with van der Waals surface area (Å²) in [4.78, 5) is 0.0983. The van der Waals surface area contributed by atoms with Crippen LogP contribution in [0.4, 0.5) is 5.69 Å². The van der Waals surface area contributed by atoms with E-state index in [4.69, 9.17) is 15.1 Å². The Labute approximate surface area is 137 Å². The number of rotatable bonds is 11. The molecule has 0 heterocycles. The maximum absolute atomic E-state index is 12.4. The van der Waals surface area contributed by atoms with Crippen molar-refractivity contribution in [3.63, 3.8) is 0 Å². The van der Waals surface area contributed by atoms with Gasteiger partial charge in [-0.25, -0.2) is 13.1 Å². The van der Waals surface area contributed by atoms with Crippen LogP contribution in [0, 0.1) is 11.3 Å². The number of aliphatic hydroxyl groups excluding tert-OH is 1. The van der Waals surface area contributed by atoms with Gasteiger partial charge in [0.15, 0.2) is 0 Å². The Morgan fingerprint density at radius 3 is 2.70 bits per heavy atom. The van der Waals surface area contributed by atoms with E-state index >= 15 is 0 Å². The Morgan fingerprint density at radius 1 is 1.26 bits per heavy atom. The van der Waals surface area contributed by atoms with Crippen molar-refractivity contribution in [2.45, 2.75) is 24.2 Å². The predicted octanol–water partition coefficient (Wildman–Crippen LogP) is 1.06. The van der Waals surface area contributed by atoms with Crippen LogP contribution in [0.5, 0.6) is 0 Å². The number of ether oxygens (including phenoxy) is 1. The van der Waals surface area contributed by atoms with E-state index in [-0.39, 0.29) is 11.5 Å². The number of nitrogens with zero attached hydrogens (tertiary/aromatic N) is 1. The van der Waals surface area contributed by atoms with Crippen LogP contribution in [0.25, 0.3) is 0 Å². The largest absolute Gasteiger partial charge is 0.396 e. The fraction of sp³-hybridized carbons (Fsp3) is 0.533. The van der Waals surface area contributed by atoms with Gasteiger partial charge in [-0.05, 0) is 37.5 Å². The molecule has 0 aliphatic carbocycles. The molecule has 8 heteroatoms. The minimum absolute atomic E-state index is 0.00474. The highest BCUT2D eigenvalue weighted by molar-refractivity contribution is 7.89. The van der Waals surface area contributed by atoms with Crippen molar-refractivity contribution < 1.29 is 18.3 Å². The number of sulfonamides is 1. The van der Waals surface area contributed by atoms with Crippen molar-refractivity contribution in [2.24, 2.45) is 0 Å². The van der Waals surface area contributed by atoms with Gasteiger partial charge in [0.25, 0.3) is 0 Å². The molecule has 0 spiro atoms. The highest BCUT2D eigenvalue weighted by Crippen LogP contribution is 2.22. The topological polar surface area (TPSA) is 111 Å². The number of nitrogens with one attached hydrogen (secondary N) is 2. The third kappa shape index (κ3) is 6.54. The van der Waals surface area contributed by atoms with Crippen LogP contribution in [0.2, 0.25) is 0 Å². The van der Waals surface area contributed by atoms with Gasteiger partial charge in [0.2, 0.25) is 10.0 Å². The molecule has 0 aliphatic heterocycles. The summed E-state index contributed by atoms with van der Waals surface area (Å²) in [5.74, 6) is 0. The quantitative estimate of drug-likeness (QED) is 0.519. The molecule has 0 aromatic heterocycles. The van der Waals surface area contributed by atoms with Crippen LogP contribution < -0.4 is 10.0 Å². The van der Waals surface area contributed by atoms with Crippen molar-refractivity contribution in [3.8, 4) is 6.07 Å². The van der Waals surface area contributed by atoms with E-state index in [1.54, 1.807) is 7.11 Å². The van der Waals surface area contributed by atoms with Crippen LogP contribution in [0.3, 0.4) is 0 Å². The van der Waals surface area contributed by atoms with Gasteiger partial charge in [-0.3, -0.25) is 0 Å². The summed E-state index contributed by atoms with van der Waals surface area (Å²) >= 11 is 0. The number of aliphatic hydroxyl groups is 1. The van der Waals surface area contributed by atoms with Gasteiger partial charge in [-0.2, -0.15) is 5.26 Å². The lowest BCUT2D eigenvalue weighted by Crippen LogP contribution is -2.26. The molecule has 0 aliphatic rings. The van der Waals surface area contributed by atoms with Crippen molar-refractivity contribution in [2.75, 3.05) is 38.7 Å². The first-order chi connectivity index (χ1) is 11.0. The Kier molecular flexibility index (Phi) is 8.58. The molecule has 0 bridgehead atoms. The Bertz CT molecular complexity index is 626. The molecule has 1 aromatic carbocycles. The van der Waals surface area contributed by atoms with Crippen LogP contribution in [0.15, 0.2) is 23.1 Å². The maximum atomic E-state index is 12.4. The first kappa shape index (κ1) is 19.4. The number of unbranched alkanes of at least 4 members (excludes halogenated alkanes) is 1. The molecule has 3 N–H and O–H groups in total. The lowest BCUT2D eigenvalue weighted by atomic mass is 10.2. The van der Waals surface area contributed by atoms with Gasteiger partial charge in [0.05, 0.1) is 17.3 Å². The van der Waals surface area contributed by atoms with Crippen LogP contribution in [0.1, 0.15) is 24.8 Å². The average Bonchev–Trinajstić information content (AvgIpc) is 2.54. The summed E-state index contributed by atoms with van der Waals surface area (Å²) in [5, 5.41) is 20.7. The van der Waals surface area contributed by atoms with E-state index in [0.717, 1.165) is 6.42 Å². The molecule has 0 unspecified atom stereocenters. The SMILES string of the molecule is COCCCCNS(=O)(=O)c1ccc(C#N)cc1NCCCO. The van der Waals surface area contributed by atoms with Crippen molar-refractivity contribution >= 4 is 15.7 Å². The molecule has 0 fully saturated rings. The Morgan fingerprint density at radius 2 is 2.04 bits per heavy atom. The third-order valence-electron chi connectivity index (χ3n) is 3.12. The normalized spacial score (nSPS) is 11.2. The molecule has 1 aromatic rings. The summed E-state index contributed by atoms with van der Waals surface area (Å²) in [5.41, 5.74) is 0.734. The van der Waals surface area contributed by atoms with Gasteiger partial charge in [-0.1, -0.05) is 0 Å². The molecule has 0 atom stereocenters.